The number of anilines is 1. The van der Waals surface area contributed by atoms with Crippen LogP contribution in [0, 0.1) is 0 Å². The number of benzene rings is 1. The maximum absolute atomic E-state index is 11.8. The van der Waals surface area contributed by atoms with E-state index in [0.29, 0.717) is 23.8 Å². The first-order valence-corrected chi connectivity index (χ1v) is 12.8. The Bertz CT molecular complexity index is 1430. The Labute approximate surface area is 197 Å². The predicted molar refractivity (Wildman–Crippen MR) is 130 cm³/mol. The first-order chi connectivity index (χ1) is 16.3. The average molecular weight is 479 g/mol. The van der Waals surface area contributed by atoms with Gasteiger partial charge in [-0.1, -0.05) is 49.6 Å². The normalized spacial score (nSPS) is 15.9. The van der Waals surface area contributed by atoms with E-state index >= 15 is 0 Å². The van der Waals surface area contributed by atoms with Crippen molar-refractivity contribution < 1.29 is 13.5 Å². The summed E-state index contributed by atoms with van der Waals surface area (Å²) < 4.78 is 25.4. The first-order valence-electron chi connectivity index (χ1n) is 11.2. The Kier molecular flexibility index (Phi) is 5.80. The fraction of sp³-hybridized carbons (Fsp3) is 0.292. The highest BCUT2D eigenvalue weighted by molar-refractivity contribution is 7.89. The zero-order valence-electron chi connectivity index (χ0n) is 18.6. The van der Waals surface area contributed by atoms with Crippen LogP contribution in [0.5, 0.6) is 0 Å². The van der Waals surface area contributed by atoms with E-state index in [0.717, 1.165) is 48.7 Å². The summed E-state index contributed by atoms with van der Waals surface area (Å²) in [6, 6.07) is 13.3. The summed E-state index contributed by atoms with van der Waals surface area (Å²) in [5.41, 5.74) is 2.35. The number of pyridine rings is 1. The molecule has 1 aliphatic rings. The largest absolute Gasteiger partial charge is 0.388 e. The van der Waals surface area contributed by atoms with Gasteiger partial charge in [0, 0.05) is 36.3 Å². The van der Waals surface area contributed by atoms with Crippen molar-refractivity contribution in [3.05, 3.63) is 61.1 Å². The van der Waals surface area contributed by atoms with Crippen molar-refractivity contribution >= 4 is 21.4 Å². The third-order valence-corrected chi connectivity index (χ3v) is 7.15. The van der Waals surface area contributed by atoms with E-state index in [4.69, 9.17) is 10.1 Å². The molecule has 0 aliphatic heterocycles. The maximum atomic E-state index is 11.8. The molecule has 5 rings (SSSR count). The van der Waals surface area contributed by atoms with E-state index in [9.17, 15) is 13.5 Å². The van der Waals surface area contributed by atoms with Gasteiger partial charge in [-0.3, -0.25) is 4.98 Å². The van der Waals surface area contributed by atoms with E-state index in [1.165, 1.54) is 18.5 Å². The van der Waals surface area contributed by atoms with Crippen LogP contribution in [0.15, 0.2) is 66.0 Å². The highest BCUT2D eigenvalue weighted by Gasteiger charge is 2.29. The second-order valence-corrected chi connectivity index (χ2v) is 10.3. The van der Waals surface area contributed by atoms with E-state index < -0.39 is 15.6 Å². The number of aromatic nitrogens is 4. The quantitative estimate of drug-likeness (QED) is 0.387. The molecule has 1 saturated carbocycles. The summed E-state index contributed by atoms with van der Waals surface area (Å²) in [5.74, 6) is 0.840. The average Bonchev–Trinajstić information content (AvgIpc) is 3.27. The SMILES string of the molecule is NS(=O)(=O)c1cncc(-c2nc(NCC3(O)CCCCC3)c3c(-c4ccccc4)ccn3n2)c1. The molecule has 4 aromatic rings. The number of hydrogen-bond acceptors (Lipinski definition) is 7. The number of nitrogens with two attached hydrogens (primary N) is 1. The van der Waals surface area contributed by atoms with Crippen molar-refractivity contribution in [3.8, 4) is 22.5 Å². The summed E-state index contributed by atoms with van der Waals surface area (Å²) in [5, 5.41) is 24.3. The van der Waals surface area contributed by atoms with Crippen LogP contribution in [0.3, 0.4) is 0 Å². The lowest BCUT2D eigenvalue weighted by atomic mass is 9.85. The van der Waals surface area contributed by atoms with Crippen LogP contribution in [0.25, 0.3) is 28.0 Å². The summed E-state index contributed by atoms with van der Waals surface area (Å²) >= 11 is 0. The summed E-state index contributed by atoms with van der Waals surface area (Å²) in [6.07, 6.45) is 9.12. The molecule has 1 fully saturated rings. The molecule has 0 saturated heterocycles. The molecular weight excluding hydrogens is 452 g/mol. The number of fused-ring (bicyclic) bond motifs is 1. The topological polar surface area (TPSA) is 136 Å². The molecule has 4 N–H and O–H groups in total. The number of nitrogens with zero attached hydrogens (tertiary/aromatic N) is 4. The smallest absolute Gasteiger partial charge is 0.239 e. The van der Waals surface area contributed by atoms with Gasteiger partial charge in [0.1, 0.15) is 10.4 Å². The summed E-state index contributed by atoms with van der Waals surface area (Å²) in [6.45, 7) is 0.355. The van der Waals surface area contributed by atoms with E-state index in [2.05, 4.69) is 15.4 Å². The summed E-state index contributed by atoms with van der Waals surface area (Å²) in [7, 11) is -3.92. The second-order valence-electron chi connectivity index (χ2n) is 8.77. The zero-order valence-corrected chi connectivity index (χ0v) is 19.4. The molecular formula is C24H26N6O3S. The van der Waals surface area contributed by atoms with Crippen molar-refractivity contribution in [2.75, 3.05) is 11.9 Å². The van der Waals surface area contributed by atoms with Crippen LogP contribution in [0.1, 0.15) is 32.1 Å². The standard InChI is InChI=1S/C24H26N6O3S/c25-34(32,33)19-13-18(14-26-15-19)22-28-23(27-16-24(31)10-5-2-6-11-24)21-20(9-12-30(21)29-22)17-7-3-1-4-8-17/h1,3-4,7-9,12-15,31H,2,5-6,10-11,16H2,(H2,25,32,33)(H,27,28,29). The van der Waals surface area contributed by atoms with Crippen LogP contribution < -0.4 is 10.5 Å². The van der Waals surface area contributed by atoms with Gasteiger partial charge in [0.2, 0.25) is 10.0 Å². The van der Waals surface area contributed by atoms with Gasteiger partial charge in [-0.15, -0.1) is 5.10 Å². The monoisotopic (exact) mass is 478 g/mol. The Hall–Kier alpha value is -3.34. The summed E-state index contributed by atoms with van der Waals surface area (Å²) in [4.78, 5) is 8.64. The molecule has 3 aromatic heterocycles. The molecule has 0 amide bonds. The highest BCUT2D eigenvalue weighted by Crippen LogP contribution is 2.33. The van der Waals surface area contributed by atoms with Gasteiger partial charge >= 0.3 is 0 Å². The Morgan fingerprint density at radius 3 is 2.56 bits per heavy atom. The minimum Gasteiger partial charge on any atom is -0.388 e. The predicted octanol–water partition coefficient (Wildman–Crippen LogP) is 3.21. The molecule has 0 radical (unpaired) electrons. The van der Waals surface area contributed by atoms with Crippen molar-refractivity contribution in [3.63, 3.8) is 0 Å². The van der Waals surface area contributed by atoms with Gasteiger partial charge in [-0.2, -0.15) is 0 Å². The van der Waals surface area contributed by atoms with Crippen molar-refractivity contribution in [2.45, 2.75) is 42.6 Å². The van der Waals surface area contributed by atoms with Crippen LogP contribution in [-0.2, 0) is 10.0 Å². The molecule has 0 atom stereocenters. The number of nitrogens with one attached hydrogen (secondary N) is 1. The molecule has 1 aliphatic carbocycles. The van der Waals surface area contributed by atoms with Crippen LogP contribution in [-0.4, -0.2) is 45.3 Å². The highest BCUT2D eigenvalue weighted by atomic mass is 32.2. The molecule has 176 valence electrons. The van der Waals surface area contributed by atoms with Gasteiger partial charge in [0.25, 0.3) is 0 Å². The van der Waals surface area contributed by atoms with Gasteiger partial charge in [0.15, 0.2) is 11.6 Å². The molecule has 0 spiro atoms. The van der Waals surface area contributed by atoms with Gasteiger partial charge in [-0.25, -0.2) is 23.1 Å². The molecule has 34 heavy (non-hydrogen) atoms. The van der Waals surface area contributed by atoms with E-state index in [1.807, 2.05) is 42.6 Å². The number of aliphatic hydroxyl groups is 1. The van der Waals surface area contributed by atoms with Gasteiger partial charge in [0.05, 0.1) is 5.60 Å². The Balaban J connectivity index is 1.62. The molecule has 3 heterocycles. The Morgan fingerprint density at radius 2 is 1.82 bits per heavy atom. The lowest BCUT2D eigenvalue weighted by Crippen LogP contribution is -2.39. The number of hydrogen-bond donors (Lipinski definition) is 3. The molecule has 0 bridgehead atoms. The fourth-order valence-electron chi connectivity index (χ4n) is 4.45. The first kappa shape index (κ1) is 22.5. The molecule has 9 nitrogen and oxygen atoms in total. The zero-order chi connectivity index (χ0) is 23.8. The molecule has 1 aromatic carbocycles. The maximum Gasteiger partial charge on any atom is 0.239 e. The third kappa shape index (κ3) is 4.52. The van der Waals surface area contributed by atoms with Crippen molar-refractivity contribution in [1.29, 1.82) is 0 Å². The van der Waals surface area contributed by atoms with Crippen LogP contribution >= 0.6 is 0 Å². The molecule has 0 unspecified atom stereocenters. The lowest BCUT2D eigenvalue weighted by molar-refractivity contribution is 0.0167. The van der Waals surface area contributed by atoms with E-state index in [1.54, 1.807) is 4.52 Å². The van der Waals surface area contributed by atoms with Crippen molar-refractivity contribution in [1.82, 2.24) is 19.6 Å². The minimum atomic E-state index is -3.92. The van der Waals surface area contributed by atoms with Gasteiger partial charge in [-0.05, 0) is 30.5 Å². The second kappa shape index (κ2) is 8.79. The van der Waals surface area contributed by atoms with E-state index in [-0.39, 0.29) is 4.90 Å². The minimum absolute atomic E-state index is 0.114. The number of rotatable bonds is 6. The molecule has 10 heteroatoms. The van der Waals surface area contributed by atoms with Crippen LogP contribution in [0.4, 0.5) is 5.82 Å². The lowest BCUT2D eigenvalue weighted by Gasteiger charge is -2.32. The van der Waals surface area contributed by atoms with Crippen molar-refractivity contribution in [2.24, 2.45) is 5.14 Å². The number of primary sulfonamides is 1. The van der Waals surface area contributed by atoms with Gasteiger partial charge < -0.3 is 10.4 Å². The Morgan fingerprint density at radius 1 is 1.06 bits per heavy atom. The third-order valence-electron chi connectivity index (χ3n) is 6.26. The fourth-order valence-corrected chi connectivity index (χ4v) is 4.95. The number of sulfonamides is 1. The van der Waals surface area contributed by atoms with Crippen LogP contribution in [0.2, 0.25) is 0 Å².